The average molecular weight is 347 g/mol. The van der Waals surface area contributed by atoms with Gasteiger partial charge < -0.3 is 14.8 Å². The maximum Gasteiger partial charge on any atom is 0.254 e. The van der Waals surface area contributed by atoms with Crippen molar-refractivity contribution in [1.29, 1.82) is 0 Å². The van der Waals surface area contributed by atoms with Crippen molar-refractivity contribution in [2.75, 3.05) is 25.3 Å². The number of aromatic nitrogens is 2. The summed E-state index contributed by atoms with van der Waals surface area (Å²) in [6, 6.07) is 6.58. The van der Waals surface area contributed by atoms with Crippen LogP contribution in [0.15, 0.2) is 40.4 Å². The summed E-state index contributed by atoms with van der Waals surface area (Å²) < 4.78 is 11.9. The van der Waals surface area contributed by atoms with Crippen molar-refractivity contribution in [1.82, 2.24) is 9.55 Å². The molecule has 0 saturated carbocycles. The number of anilines is 1. The molecular formula is C16H17N3O4S. The number of methoxy groups -OCH3 is 2. The minimum atomic E-state index is -0.308. The molecule has 1 aliphatic heterocycles. The second-order valence-electron chi connectivity index (χ2n) is 5.24. The Morgan fingerprint density at radius 3 is 2.83 bits per heavy atom. The van der Waals surface area contributed by atoms with Crippen LogP contribution >= 0.6 is 11.8 Å². The topological polar surface area (TPSA) is 82.5 Å². The van der Waals surface area contributed by atoms with Gasteiger partial charge in [-0.25, -0.2) is 4.98 Å². The van der Waals surface area contributed by atoms with Gasteiger partial charge in [0.05, 0.1) is 20.1 Å². The van der Waals surface area contributed by atoms with Crippen molar-refractivity contribution in [3.8, 4) is 11.5 Å². The maximum absolute atomic E-state index is 12.5. The third-order valence-corrected chi connectivity index (χ3v) is 4.89. The lowest BCUT2D eigenvalue weighted by Gasteiger charge is -2.24. The molecule has 1 aromatic heterocycles. The molecule has 0 aliphatic carbocycles. The number of fused-ring (bicyclic) bond motifs is 1. The van der Waals surface area contributed by atoms with E-state index in [0.717, 1.165) is 0 Å². The summed E-state index contributed by atoms with van der Waals surface area (Å²) in [7, 11) is 3.09. The molecule has 1 aliphatic rings. The number of hydrogen-bond donors (Lipinski definition) is 1. The van der Waals surface area contributed by atoms with Gasteiger partial charge in [0, 0.05) is 36.3 Å². The van der Waals surface area contributed by atoms with Gasteiger partial charge in [-0.3, -0.25) is 14.2 Å². The standard InChI is InChI=1S/C16H17N3O4S/c1-22-12-4-3-11(7-13(12)23-2)18-15(21)10-8-19-14(20)5-6-17-16(19)24-9-10/h3-7,10H,8-9H2,1-2H3,(H,18,21). The number of nitrogens with zero attached hydrogens (tertiary/aromatic N) is 2. The molecule has 0 radical (unpaired) electrons. The van der Waals surface area contributed by atoms with Crippen LogP contribution in [-0.4, -0.2) is 35.4 Å². The SMILES string of the molecule is COc1ccc(NC(=O)C2CSc3nccc(=O)n3C2)cc1OC. The first kappa shape index (κ1) is 16.4. The van der Waals surface area contributed by atoms with Crippen LogP contribution in [0, 0.1) is 5.92 Å². The Morgan fingerprint density at radius 2 is 2.08 bits per heavy atom. The number of rotatable bonds is 4. The summed E-state index contributed by atoms with van der Waals surface area (Å²) >= 11 is 1.41. The Morgan fingerprint density at radius 1 is 1.29 bits per heavy atom. The average Bonchev–Trinajstić information content (AvgIpc) is 2.61. The Balaban J connectivity index is 1.74. The normalized spacial score (nSPS) is 16.2. The van der Waals surface area contributed by atoms with E-state index in [2.05, 4.69) is 10.3 Å². The highest BCUT2D eigenvalue weighted by molar-refractivity contribution is 7.99. The molecule has 8 heteroatoms. The van der Waals surface area contributed by atoms with Gasteiger partial charge in [0.2, 0.25) is 5.91 Å². The first-order chi connectivity index (χ1) is 11.6. The Hall–Kier alpha value is -2.48. The van der Waals surface area contributed by atoms with Crippen molar-refractivity contribution >= 4 is 23.4 Å². The van der Waals surface area contributed by atoms with Gasteiger partial charge in [-0.1, -0.05) is 11.8 Å². The van der Waals surface area contributed by atoms with E-state index in [4.69, 9.17) is 9.47 Å². The van der Waals surface area contributed by atoms with Gasteiger partial charge in [0.15, 0.2) is 16.7 Å². The van der Waals surface area contributed by atoms with Crippen LogP contribution in [-0.2, 0) is 11.3 Å². The third-order valence-electron chi connectivity index (χ3n) is 3.74. The van der Waals surface area contributed by atoms with Gasteiger partial charge >= 0.3 is 0 Å². The van der Waals surface area contributed by atoms with Crippen LogP contribution in [0.2, 0.25) is 0 Å². The summed E-state index contributed by atoms with van der Waals surface area (Å²) in [4.78, 5) is 28.6. The predicted molar refractivity (Wildman–Crippen MR) is 90.9 cm³/mol. The Bertz CT molecular complexity index is 821. The smallest absolute Gasteiger partial charge is 0.254 e. The van der Waals surface area contributed by atoms with Gasteiger partial charge in [-0.2, -0.15) is 0 Å². The maximum atomic E-state index is 12.5. The highest BCUT2D eigenvalue weighted by atomic mass is 32.2. The van der Waals surface area contributed by atoms with E-state index in [1.54, 1.807) is 25.3 Å². The molecule has 0 saturated heterocycles. The van der Waals surface area contributed by atoms with E-state index in [1.165, 1.54) is 35.7 Å². The highest BCUT2D eigenvalue weighted by Crippen LogP contribution is 2.30. The third kappa shape index (κ3) is 3.23. The van der Waals surface area contributed by atoms with Gasteiger partial charge in [-0.05, 0) is 12.1 Å². The molecule has 1 unspecified atom stereocenters. The summed E-state index contributed by atoms with van der Waals surface area (Å²) in [6.45, 7) is 0.328. The lowest BCUT2D eigenvalue weighted by molar-refractivity contribution is -0.119. The number of thioether (sulfide) groups is 1. The second kappa shape index (κ2) is 6.96. The second-order valence-corrected chi connectivity index (χ2v) is 6.23. The van der Waals surface area contributed by atoms with E-state index >= 15 is 0 Å². The van der Waals surface area contributed by atoms with Crippen molar-refractivity contribution in [2.24, 2.45) is 5.92 Å². The van der Waals surface area contributed by atoms with Crippen LogP contribution in [0.1, 0.15) is 0 Å². The molecule has 0 bridgehead atoms. The van der Waals surface area contributed by atoms with Crippen LogP contribution in [0.5, 0.6) is 11.5 Å². The molecule has 1 atom stereocenters. The predicted octanol–water partition coefficient (Wildman–Crippen LogP) is 1.62. The van der Waals surface area contributed by atoms with Crippen molar-refractivity contribution < 1.29 is 14.3 Å². The van der Waals surface area contributed by atoms with E-state index in [1.807, 2.05) is 0 Å². The first-order valence-electron chi connectivity index (χ1n) is 7.34. The number of nitrogens with one attached hydrogen (secondary N) is 1. The van der Waals surface area contributed by atoms with Gasteiger partial charge in [0.25, 0.3) is 5.56 Å². The number of hydrogen-bond acceptors (Lipinski definition) is 6. The van der Waals surface area contributed by atoms with Crippen LogP contribution in [0.3, 0.4) is 0 Å². The fourth-order valence-electron chi connectivity index (χ4n) is 2.47. The quantitative estimate of drug-likeness (QED) is 0.847. The van der Waals surface area contributed by atoms with E-state index in [0.29, 0.717) is 34.6 Å². The highest BCUT2D eigenvalue weighted by Gasteiger charge is 2.26. The van der Waals surface area contributed by atoms with Gasteiger partial charge in [0.1, 0.15) is 0 Å². The summed E-state index contributed by atoms with van der Waals surface area (Å²) in [5.41, 5.74) is 0.475. The monoisotopic (exact) mass is 347 g/mol. The molecule has 1 aromatic carbocycles. The Kier molecular flexibility index (Phi) is 4.75. The summed E-state index contributed by atoms with van der Waals surface area (Å²) in [6.07, 6.45) is 1.49. The van der Waals surface area contributed by atoms with Crippen LogP contribution in [0.25, 0.3) is 0 Å². The minimum absolute atomic E-state index is 0.142. The first-order valence-corrected chi connectivity index (χ1v) is 8.32. The molecule has 1 N–H and O–H groups in total. The molecular weight excluding hydrogens is 330 g/mol. The Labute approximate surface area is 143 Å². The zero-order chi connectivity index (χ0) is 17.1. The van der Waals surface area contributed by atoms with Crippen molar-refractivity contribution in [2.45, 2.75) is 11.7 Å². The number of amides is 1. The fraction of sp³-hybridized carbons (Fsp3) is 0.312. The lowest BCUT2D eigenvalue weighted by atomic mass is 10.1. The summed E-state index contributed by atoms with van der Waals surface area (Å²) in [5.74, 6) is 1.26. The molecule has 0 fully saturated rings. The van der Waals surface area contributed by atoms with E-state index in [-0.39, 0.29) is 17.4 Å². The van der Waals surface area contributed by atoms with Crippen LogP contribution < -0.4 is 20.3 Å². The molecule has 1 amide bonds. The number of benzene rings is 1. The largest absolute Gasteiger partial charge is 0.493 e. The fourth-order valence-corrected chi connectivity index (χ4v) is 3.53. The number of carbonyl (C=O) groups is 1. The molecule has 2 aromatic rings. The molecule has 126 valence electrons. The molecule has 0 spiro atoms. The zero-order valence-corrected chi connectivity index (χ0v) is 14.1. The van der Waals surface area contributed by atoms with E-state index in [9.17, 15) is 9.59 Å². The lowest BCUT2D eigenvalue weighted by Crippen LogP contribution is -2.36. The molecule has 24 heavy (non-hydrogen) atoms. The van der Waals surface area contributed by atoms with Crippen molar-refractivity contribution in [3.05, 3.63) is 40.8 Å². The molecule has 7 nitrogen and oxygen atoms in total. The van der Waals surface area contributed by atoms with E-state index < -0.39 is 0 Å². The summed E-state index contributed by atoms with van der Waals surface area (Å²) in [5, 5.41) is 3.51. The van der Waals surface area contributed by atoms with Crippen molar-refractivity contribution in [3.63, 3.8) is 0 Å². The number of carbonyl (C=O) groups excluding carboxylic acids is 1. The van der Waals surface area contributed by atoms with Gasteiger partial charge in [-0.15, -0.1) is 0 Å². The molecule has 2 heterocycles. The van der Waals surface area contributed by atoms with Crippen LogP contribution in [0.4, 0.5) is 5.69 Å². The zero-order valence-electron chi connectivity index (χ0n) is 13.3. The number of ether oxygens (including phenoxy) is 2. The molecule has 3 rings (SSSR count). The minimum Gasteiger partial charge on any atom is -0.493 e.